The van der Waals surface area contributed by atoms with E-state index in [1.165, 1.54) is 22.3 Å². The molecule has 76 valence electrons. The molecule has 0 amide bonds. The predicted molar refractivity (Wildman–Crippen MR) is 63.4 cm³/mol. The Labute approximate surface area is 86.6 Å². The van der Waals surface area contributed by atoms with Crippen LogP contribution in [0.4, 0.5) is 0 Å². The molecule has 0 aliphatic rings. The Morgan fingerprint density at radius 1 is 1.07 bits per heavy atom. The largest absolute Gasteiger partial charge is 0.330 e. The van der Waals surface area contributed by atoms with E-state index < -0.39 is 0 Å². The summed E-state index contributed by atoms with van der Waals surface area (Å²) in [7, 11) is 0. The highest BCUT2D eigenvalue weighted by Gasteiger charge is 1.97. The van der Waals surface area contributed by atoms with Gasteiger partial charge in [0.15, 0.2) is 0 Å². The molecule has 2 N–H and O–H groups in total. The Morgan fingerprint density at radius 2 is 1.71 bits per heavy atom. The third kappa shape index (κ3) is 2.71. The molecule has 0 bridgehead atoms. The van der Waals surface area contributed by atoms with Crippen molar-refractivity contribution in [2.45, 2.75) is 27.2 Å². The summed E-state index contributed by atoms with van der Waals surface area (Å²) in [5.74, 6) is 0. The van der Waals surface area contributed by atoms with Crippen LogP contribution in [-0.2, 0) is 0 Å². The molecule has 1 aromatic carbocycles. The van der Waals surface area contributed by atoms with Gasteiger partial charge in [-0.2, -0.15) is 0 Å². The van der Waals surface area contributed by atoms with Gasteiger partial charge in [-0.15, -0.1) is 0 Å². The van der Waals surface area contributed by atoms with Crippen LogP contribution in [0.3, 0.4) is 0 Å². The summed E-state index contributed by atoms with van der Waals surface area (Å²) in [5, 5.41) is 0. The van der Waals surface area contributed by atoms with E-state index in [0.29, 0.717) is 0 Å². The Bertz CT molecular complexity index is 337. The van der Waals surface area contributed by atoms with E-state index in [-0.39, 0.29) is 0 Å². The van der Waals surface area contributed by atoms with Crippen molar-refractivity contribution in [3.63, 3.8) is 0 Å². The summed E-state index contributed by atoms with van der Waals surface area (Å²) in [4.78, 5) is 0. The first-order valence-corrected chi connectivity index (χ1v) is 5.09. The first-order chi connectivity index (χ1) is 6.65. The molecule has 0 radical (unpaired) electrons. The van der Waals surface area contributed by atoms with E-state index in [1.54, 1.807) is 0 Å². The molecule has 0 spiro atoms. The highest BCUT2D eigenvalue weighted by molar-refractivity contribution is 5.56. The van der Waals surface area contributed by atoms with E-state index in [1.807, 2.05) is 0 Å². The van der Waals surface area contributed by atoms with Crippen LogP contribution < -0.4 is 5.73 Å². The molecule has 1 aromatic rings. The minimum Gasteiger partial charge on any atom is -0.330 e. The van der Waals surface area contributed by atoms with E-state index >= 15 is 0 Å². The van der Waals surface area contributed by atoms with Crippen molar-refractivity contribution >= 4 is 6.08 Å². The number of hydrogen-bond donors (Lipinski definition) is 1. The van der Waals surface area contributed by atoms with Crippen LogP contribution in [0.25, 0.3) is 6.08 Å². The molecule has 0 saturated heterocycles. The summed E-state index contributed by atoms with van der Waals surface area (Å²) in [6.07, 6.45) is 5.25. The highest BCUT2D eigenvalue weighted by Crippen LogP contribution is 2.16. The van der Waals surface area contributed by atoms with E-state index in [9.17, 15) is 0 Å². The lowest BCUT2D eigenvalue weighted by atomic mass is 10.0. The molecule has 14 heavy (non-hydrogen) atoms. The van der Waals surface area contributed by atoms with Crippen LogP contribution in [0, 0.1) is 20.8 Å². The second-order valence-corrected chi connectivity index (χ2v) is 3.77. The van der Waals surface area contributed by atoms with Crippen LogP contribution in [0.15, 0.2) is 18.2 Å². The average Bonchev–Trinajstić information content (AvgIpc) is 2.14. The van der Waals surface area contributed by atoms with Gasteiger partial charge in [-0.3, -0.25) is 0 Å². The Hall–Kier alpha value is -1.08. The second kappa shape index (κ2) is 4.97. The minimum atomic E-state index is 0.723. The number of aryl methyl sites for hydroxylation is 3. The third-order valence-corrected chi connectivity index (χ3v) is 2.51. The zero-order chi connectivity index (χ0) is 10.6. The lowest BCUT2D eigenvalue weighted by Crippen LogP contribution is -1.95. The molecule has 0 aromatic heterocycles. The second-order valence-electron chi connectivity index (χ2n) is 3.77. The first kappa shape index (κ1) is 11.0. The molecule has 1 rings (SSSR count). The maximum Gasteiger partial charge on any atom is -0.00425 e. The number of hydrogen-bond acceptors (Lipinski definition) is 1. The smallest absolute Gasteiger partial charge is 0.00425 e. The summed E-state index contributed by atoms with van der Waals surface area (Å²) < 4.78 is 0. The van der Waals surface area contributed by atoms with Gasteiger partial charge >= 0.3 is 0 Å². The zero-order valence-electron chi connectivity index (χ0n) is 9.30. The fourth-order valence-corrected chi connectivity index (χ4v) is 1.47. The van der Waals surface area contributed by atoms with Crippen LogP contribution in [0.1, 0.15) is 28.7 Å². The normalized spacial score (nSPS) is 11.1. The molecule has 0 saturated carbocycles. The van der Waals surface area contributed by atoms with Crippen molar-refractivity contribution in [3.8, 4) is 0 Å². The predicted octanol–water partition coefficient (Wildman–Crippen LogP) is 2.97. The first-order valence-electron chi connectivity index (χ1n) is 5.09. The topological polar surface area (TPSA) is 26.0 Å². The van der Waals surface area contributed by atoms with Crippen molar-refractivity contribution in [2.75, 3.05) is 6.54 Å². The zero-order valence-corrected chi connectivity index (χ0v) is 9.30. The van der Waals surface area contributed by atoms with Crippen molar-refractivity contribution in [3.05, 3.63) is 40.5 Å². The monoisotopic (exact) mass is 189 g/mol. The van der Waals surface area contributed by atoms with Crippen molar-refractivity contribution in [2.24, 2.45) is 5.73 Å². The fraction of sp³-hybridized carbons (Fsp3) is 0.385. The molecule has 0 fully saturated rings. The molecular weight excluding hydrogens is 170 g/mol. The van der Waals surface area contributed by atoms with E-state index in [4.69, 9.17) is 5.73 Å². The maximum atomic E-state index is 5.43. The standard InChI is InChI=1S/C13H19N/c1-10-8-12(3)13(9-11(10)2)6-4-5-7-14/h4,6,8-9H,5,7,14H2,1-3H3. The van der Waals surface area contributed by atoms with E-state index in [0.717, 1.165) is 13.0 Å². The summed E-state index contributed by atoms with van der Waals surface area (Å²) in [5.41, 5.74) is 10.8. The summed E-state index contributed by atoms with van der Waals surface area (Å²) in [6, 6.07) is 4.47. The SMILES string of the molecule is Cc1cc(C)c(C=CCCN)cc1C. The Balaban J connectivity index is 2.92. The van der Waals surface area contributed by atoms with Gasteiger partial charge in [0.2, 0.25) is 0 Å². The van der Waals surface area contributed by atoms with Gasteiger partial charge in [0.1, 0.15) is 0 Å². The van der Waals surface area contributed by atoms with Gasteiger partial charge in [0, 0.05) is 0 Å². The number of benzene rings is 1. The van der Waals surface area contributed by atoms with Crippen LogP contribution >= 0.6 is 0 Å². The molecular formula is C13H19N. The lowest BCUT2D eigenvalue weighted by Gasteiger charge is -2.05. The third-order valence-electron chi connectivity index (χ3n) is 2.51. The minimum absolute atomic E-state index is 0.723. The maximum absolute atomic E-state index is 5.43. The van der Waals surface area contributed by atoms with Gasteiger partial charge in [0.25, 0.3) is 0 Å². The molecule has 0 aliphatic carbocycles. The molecule has 0 aliphatic heterocycles. The summed E-state index contributed by atoms with van der Waals surface area (Å²) >= 11 is 0. The summed E-state index contributed by atoms with van der Waals surface area (Å²) in [6.45, 7) is 7.17. The Kier molecular flexibility index (Phi) is 3.90. The van der Waals surface area contributed by atoms with Gasteiger partial charge in [-0.05, 0) is 56.0 Å². The van der Waals surface area contributed by atoms with Crippen LogP contribution in [0.2, 0.25) is 0 Å². The van der Waals surface area contributed by atoms with Gasteiger partial charge < -0.3 is 5.73 Å². The van der Waals surface area contributed by atoms with Gasteiger partial charge in [0.05, 0.1) is 0 Å². The fourth-order valence-electron chi connectivity index (χ4n) is 1.47. The number of rotatable bonds is 3. The Morgan fingerprint density at radius 3 is 2.36 bits per heavy atom. The lowest BCUT2D eigenvalue weighted by molar-refractivity contribution is 1.01. The van der Waals surface area contributed by atoms with Gasteiger partial charge in [-0.25, -0.2) is 0 Å². The molecule has 1 nitrogen and oxygen atoms in total. The highest BCUT2D eigenvalue weighted by atomic mass is 14.5. The average molecular weight is 189 g/mol. The van der Waals surface area contributed by atoms with Gasteiger partial charge in [-0.1, -0.05) is 24.3 Å². The van der Waals surface area contributed by atoms with E-state index in [2.05, 4.69) is 45.1 Å². The molecule has 0 unspecified atom stereocenters. The quantitative estimate of drug-likeness (QED) is 0.777. The van der Waals surface area contributed by atoms with Crippen LogP contribution in [-0.4, -0.2) is 6.54 Å². The molecule has 1 heteroatoms. The van der Waals surface area contributed by atoms with Crippen molar-refractivity contribution < 1.29 is 0 Å². The van der Waals surface area contributed by atoms with Crippen LogP contribution in [0.5, 0.6) is 0 Å². The molecule has 0 atom stereocenters. The molecule has 0 heterocycles. The van der Waals surface area contributed by atoms with Crippen molar-refractivity contribution in [1.82, 2.24) is 0 Å². The van der Waals surface area contributed by atoms with Crippen molar-refractivity contribution in [1.29, 1.82) is 0 Å². The number of nitrogens with two attached hydrogens (primary N) is 1.